The number of hydrogen-bond acceptors (Lipinski definition) is 5. The summed E-state index contributed by atoms with van der Waals surface area (Å²) in [5, 5.41) is 17.2. The zero-order valence-corrected chi connectivity index (χ0v) is 18.5. The van der Waals surface area contributed by atoms with E-state index in [1.807, 2.05) is 6.20 Å². The van der Waals surface area contributed by atoms with Crippen LogP contribution < -0.4 is 10.6 Å². The second-order valence-electron chi connectivity index (χ2n) is 6.87. The third-order valence-corrected chi connectivity index (χ3v) is 5.32. The maximum absolute atomic E-state index is 9.30. The highest BCUT2D eigenvalue weighted by atomic mass is 127. The van der Waals surface area contributed by atoms with Gasteiger partial charge >= 0.3 is 0 Å². The lowest BCUT2D eigenvalue weighted by atomic mass is 9.84. The smallest absolute Gasteiger partial charge is 0.191 e. The maximum Gasteiger partial charge on any atom is 0.191 e. The number of thiazole rings is 1. The van der Waals surface area contributed by atoms with E-state index in [9.17, 15) is 5.11 Å². The van der Waals surface area contributed by atoms with Crippen molar-refractivity contribution in [1.82, 2.24) is 15.6 Å². The molecule has 1 aliphatic rings. The summed E-state index contributed by atoms with van der Waals surface area (Å²) in [7, 11) is 1.77. The molecule has 25 heavy (non-hydrogen) atoms. The van der Waals surface area contributed by atoms with E-state index in [2.05, 4.69) is 34.5 Å². The Hall–Kier alpha value is -0.450. The fourth-order valence-corrected chi connectivity index (χ4v) is 3.92. The van der Waals surface area contributed by atoms with E-state index in [-0.39, 0.29) is 36.0 Å². The molecule has 0 aliphatic carbocycles. The predicted molar refractivity (Wildman–Crippen MR) is 114 cm³/mol. The topological polar surface area (TPSA) is 78.8 Å². The summed E-state index contributed by atoms with van der Waals surface area (Å²) in [6.45, 7) is 7.56. The van der Waals surface area contributed by atoms with Gasteiger partial charge in [0.25, 0.3) is 0 Å². The first-order chi connectivity index (χ1) is 11.6. The summed E-state index contributed by atoms with van der Waals surface area (Å²) in [6.07, 6.45) is 4.71. The van der Waals surface area contributed by atoms with Crippen LogP contribution in [0.15, 0.2) is 11.2 Å². The van der Waals surface area contributed by atoms with Gasteiger partial charge in [-0.25, -0.2) is 4.98 Å². The first-order valence-corrected chi connectivity index (χ1v) is 9.45. The number of aliphatic hydroxyl groups excluding tert-OH is 1. The van der Waals surface area contributed by atoms with Crippen LogP contribution in [0.25, 0.3) is 0 Å². The molecule has 0 saturated carbocycles. The maximum atomic E-state index is 9.30. The third kappa shape index (κ3) is 7.36. The highest BCUT2D eigenvalue weighted by molar-refractivity contribution is 14.0. The van der Waals surface area contributed by atoms with Crippen LogP contribution in [0.4, 0.5) is 0 Å². The van der Waals surface area contributed by atoms with Crippen molar-refractivity contribution >= 4 is 41.3 Å². The number of hydrogen-bond donors (Lipinski definition) is 3. The SMILES string of the molecule is CN=C(NCc1cnc(CC(C)C)s1)NCC1(CCO)CCOC1.I. The van der Waals surface area contributed by atoms with Gasteiger partial charge in [-0.2, -0.15) is 0 Å². The molecule has 1 fully saturated rings. The van der Waals surface area contributed by atoms with Gasteiger partial charge in [0.05, 0.1) is 18.2 Å². The molecule has 0 bridgehead atoms. The van der Waals surface area contributed by atoms with Gasteiger partial charge in [-0.05, 0) is 18.8 Å². The molecule has 144 valence electrons. The average molecular weight is 482 g/mol. The summed E-state index contributed by atoms with van der Waals surface area (Å²) in [6, 6.07) is 0. The Morgan fingerprint density at radius 1 is 1.48 bits per heavy atom. The number of ether oxygens (including phenoxy) is 1. The third-order valence-electron chi connectivity index (χ3n) is 4.30. The average Bonchev–Trinajstić information content (AvgIpc) is 3.17. The lowest BCUT2D eigenvalue weighted by molar-refractivity contribution is 0.127. The number of aromatic nitrogens is 1. The number of aliphatic hydroxyl groups is 1. The van der Waals surface area contributed by atoms with Crippen molar-refractivity contribution in [2.24, 2.45) is 16.3 Å². The van der Waals surface area contributed by atoms with Gasteiger partial charge in [0.1, 0.15) is 0 Å². The Morgan fingerprint density at radius 3 is 2.88 bits per heavy atom. The molecule has 1 atom stereocenters. The van der Waals surface area contributed by atoms with Crippen LogP contribution in [0.3, 0.4) is 0 Å². The highest BCUT2D eigenvalue weighted by Crippen LogP contribution is 2.31. The monoisotopic (exact) mass is 482 g/mol. The Balaban J connectivity index is 0.00000312. The van der Waals surface area contributed by atoms with Crippen LogP contribution in [0, 0.1) is 11.3 Å². The van der Waals surface area contributed by atoms with Gasteiger partial charge in [-0.1, -0.05) is 13.8 Å². The van der Waals surface area contributed by atoms with Crippen LogP contribution in [-0.2, 0) is 17.7 Å². The van der Waals surface area contributed by atoms with Gasteiger partial charge in [-0.15, -0.1) is 35.3 Å². The minimum atomic E-state index is 0. The van der Waals surface area contributed by atoms with E-state index < -0.39 is 0 Å². The zero-order valence-electron chi connectivity index (χ0n) is 15.4. The first kappa shape index (κ1) is 22.6. The largest absolute Gasteiger partial charge is 0.396 e. The number of rotatable bonds is 8. The number of nitrogens with one attached hydrogen (secondary N) is 2. The molecule has 0 radical (unpaired) electrons. The van der Waals surface area contributed by atoms with Crippen molar-refractivity contribution < 1.29 is 9.84 Å². The molecule has 1 aromatic rings. The molecule has 2 rings (SSSR count). The van der Waals surface area contributed by atoms with Gasteiger partial charge in [0.2, 0.25) is 0 Å². The van der Waals surface area contributed by atoms with Crippen LogP contribution in [0.2, 0.25) is 0 Å². The van der Waals surface area contributed by atoms with E-state index in [0.717, 1.165) is 44.9 Å². The van der Waals surface area contributed by atoms with Gasteiger partial charge < -0.3 is 20.5 Å². The summed E-state index contributed by atoms with van der Waals surface area (Å²) in [5.41, 5.74) is 0.0152. The molecule has 0 spiro atoms. The number of halogens is 1. The molecule has 1 aliphatic heterocycles. The Labute approximate surface area is 171 Å². The minimum Gasteiger partial charge on any atom is -0.396 e. The summed E-state index contributed by atoms with van der Waals surface area (Å²) in [5.74, 6) is 1.40. The fraction of sp³-hybridized carbons (Fsp3) is 0.765. The van der Waals surface area contributed by atoms with E-state index >= 15 is 0 Å². The van der Waals surface area contributed by atoms with Crippen molar-refractivity contribution in [2.75, 3.05) is 33.4 Å². The van der Waals surface area contributed by atoms with Crippen molar-refractivity contribution in [2.45, 2.75) is 39.7 Å². The molecular weight excluding hydrogens is 451 g/mol. The van der Waals surface area contributed by atoms with E-state index in [1.165, 1.54) is 9.88 Å². The zero-order chi connectivity index (χ0) is 17.4. The molecule has 8 heteroatoms. The van der Waals surface area contributed by atoms with Crippen molar-refractivity contribution in [3.63, 3.8) is 0 Å². The van der Waals surface area contributed by atoms with Crippen molar-refractivity contribution in [3.8, 4) is 0 Å². The predicted octanol–water partition coefficient (Wildman–Crippen LogP) is 2.41. The van der Waals surface area contributed by atoms with E-state index in [0.29, 0.717) is 12.5 Å². The molecule has 6 nitrogen and oxygen atoms in total. The summed E-state index contributed by atoms with van der Waals surface area (Å²) >= 11 is 1.76. The van der Waals surface area contributed by atoms with Crippen LogP contribution >= 0.6 is 35.3 Å². The van der Waals surface area contributed by atoms with Crippen molar-refractivity contribution in [3.05, 3.63) is 16.1 Å². The first-order valence-electron chi connectivity index (χ1n) is 8.63. The molecule has 2 heterocycles. The Bertz CT molecular complexity index is 530. The minimum absolute atomic E-state index is 0. The van der Waals surface area contributed by atoms with E-state index in [1.54, 1.807) is 18.4 Å². The highest BCUT2D eigenvalue weighted by Gasteiger charge is 2.34. The molecule has 1 saturated heterocycles. The number of guanidine groups is 1. The normalized spacial score (nSPS) is 20.6. The van der Waals surface area contributed by atoms with Gasteiger partial charge in [0.15, 0.2) is 5.96 Å². The molecule has 1 unspecified atom stereocenters. The number of aliphatic imine (C=N–C) groups is 1. The number of nitrogens with zero attached hydrogens (tertiary/aromatic N) is 2. The van der Waals surface area contributed by atoms with Crippen LogP contribution in [-0.4, -0.2) is 49.5 Å². The second kappa shape index (κ2) is 11.3. The van der Waals surface area contributed by atoms with Crippen LogP contribution in [0.1, 0.15) is 36.6 Å². The second-order valence-corrected chi connectivity index (χ2v) is 8.07. The van der Waals surface area contributed by atoms with Gasteiger partial charge in [-0.3, -0.25) is 4.99 Å². The van der Waals surface area contributed by atoms with Crippen molar-refractivity contribution in [1.29, 1.82) is 0 Å². The Morgan fingerprint density at radius 2 is 2.28 bits per heavy atom. The molecular formula is C17H31IN4O2S. The Kier molecular flexibility index (Phi) is 10.2. The summed E-state index contributed by atoms with van der Waals surface area (Å²) in [4.78, 5) is 9.98. The molecule has 0 amide bonds. The lowest BCUT2D eigenvalue weighted by Crippen LogP contribution is -2.44. The molecule has 1 aromatic heterocycles. The van der Waals surface area contributed by atoms with E-state index in [4.69, 9.17) is 4.74 Å². The van der Waals surface area contributed by atoms with Crippen LogP contribution in [0.5, 0.6) is 0 Å². The lowest BCUT2D eigenvalue weighted by Gasteiger charge is -2.27. The molecule has 0 aromatic carbocycles. The fourth-order valence-electron chi connectivity index (χ4n) is 2.85. The standard InChI is InChI=1S/C17H30N4O2S.HI/c1-13(2)8-15-19-9-14(24-15)10-20-16(18-3)21-11-17(4-6-22)5-7-23-12-17;/h9,13,22H,4-8,10-12H2,1-3H3,(H2,18,20,21);1H. The quantitative estimate of drug-likeness (QED) is 0.302. The van der Waals surface area contributed by atoms with Gasteiger partial charge in [0, 0.05) is 49.7 Å². The molecule has 3 N–H and O–H groups in total. The summed E-state index contributed by atoms with van der Waals surface area (Å²) < 4.78 is 5.52.